The third-order valence-electron chi connectivity index (χ3n) is 4.66. The van der Waals surface area contributed by atoms with Crippen LogP contribution in [-0.4, -0.2) is 43.4 Å². The van der Waals surface area contributed by atoms with Crippen LogP contribution in [0.25, 0.3) is 16.8 Å². The average molecular weight is 437 g/mol. The molecule has 158 valence electrons. The summed E-state index contributed by atoms with van der Waals surface area (Å²) in [4.78, 5) is 20.9. The largest absolute Gasteiger partial charge is 0.500 e. The maximum Gasteiger partial charge on any atom is 0.333 e. The molecule has 2 aromatic heterocycles. The summed E-state index contributed by atoms with van der Waals surface area (Å²) in [5.41, 5.74) is 1.77. The van der Waals surface area contributed by atoms with E-state index < -0.39 is 5.97 Å². The van der Waals surface area contributed by atoms with Crippen LogP contribution in [0.1, 0.15) is 43.8 Å². The Labute approximate surface area is 180 Å². The second-order valence-corrected chi connectivity index (χ2v) is 8.33. The molecule has 3 atom stereocenters. The second-order valence-electron chi connectivity index (χ2n) is 6.58. The molecular weight excluding hydrogens is 408 g/mol. The third-order valence-corrected chi connectivity index (χ3v) is 6.62. The molecule has 0 N–H and O–H groups in total. The van der Waals surface area contributed by atoms with Crippen molar-refractivity contribution in [2.75, 3.05) is 21.3 Å². The molecule has 0 amide bonds. The average Bonchev–Trinajstić information content (AvgIpc) is 3.41. The van der Waals surface area contributed by atoms with Crippen LogP contribution < -0.4 is 0 Å². The summed E-state index contributed by atoms with van der Waals surface area (Å²) in [5.74, 6) is 0.323. The Morgan fingerprint density at radius 2 is 1.90 bits per heavy atom. The molecule has 2 heterocycles. The van der Waals surface area contributed by atoms with Gasteiger partial charge in [0.2, 0.25) is 0 Å². The fourth-order valence-electron chi connectivity index (χ4n) is 2.62. The van der Waals surface area contributed by atoms with Crippen molar-refractivity contribution in [3.05, 3.63) is 39.4 Å². The molecule has 0 saturated carbocycles. The molecule has 29 heavy (non-hydrogen) atoms. The van der Waals surface area contributed by atoms with Gasteiger partial charge in [-0.15, -0.1) is 22.7 Å². The van der Waals surface area contributed by atoms with Gasteiger partial charge in [-0.3, -0.25) is 0 Å². The van der Waals surface area contributed by atoms with Gasteiger partial charge in [0, 0.05) is 29.7 Å². The van der Waals surface area contributed by atoms with Crippen LogP contribution in [0.15, 0.2) is 28.7 Å². The molecule has 8 heteroatoms. The van der Waals surface area contributed by atoms with E-state index in [4.69, 9.17) is 14.5 Å². The molecule has 0 radical (unpaired) electrons. The van der Waals surface area contributed by atoms with Crippen LogP contribution in [0.3, 0.4) is 0 Å². The zero-order chi connectivity index (χ0) is 21.4. The number of ether oxygens (including phenoxy) is 3. The SMILES string of the molecule is CC[C@H](C)c1nc(-c2nc(C=C[C@H](OC)[C@@H](C)C(=CC(=O)OC)OC)cs2)cs1. The van der Waals surface area contributed by atoms with E-state index >= 15 is 0 Å². The number of rotatable bonds is 10. The lowest BCUT2D eigenvalue weighted by molar-refractivity contribution is -0.135. The molecule has 0 aliphatic rings. The van der Waals surface area contributed by atoms with Crippen molar-refractivity contribution in [2.45, 2.75) is 39.2 Å². The Bertz CT molecular complexity index is 856. The van der Waals surface area contributed by atoms with E-state index in [2.05, 4.69) is 28.9 Å². The van der Waals surface area contributed by atoms with Gasteiger partial charge < -0.3 is 14.2 Å². The van der Waals surface area contributed by atoms with Crippen LogP contribution in [0.5, 0.6) is 0 Å². The van der Waals surface area contributed by atoms with Crippen LogP contribution in [0.2, 0.25) is 0 Å². The Kier molecular flexibility index (Phi) is 9.00. The fraction of sp³-hybridized carbons (Fsp3) is 0.476. The predicted molar refractivity (Wildman–Crippen MR) is 118 cm³/mol. The standard InChI is InChI=1S/C21H28N2O4S2/c1-7-13(2)20-23-16(12-29-20)21-22-15(11-28-21)8-9-17(25-4)14(3)18(26-5)10-19(24)27-6/h8-14,17H,7H2,1-6H3/t13-,14+,17-/m0/s1. The van der Waals surface area contributed by atoms with E-state index in [0.717, 1.165) is 27.8 Å². The van der Waals surface area contributed by atoms with Crippen LogP contribution in [-0.2, 0) is 19.0 Å². The van der Waals surface area contributed by atoms with E-state index in [1.54, 1.807) is 29.8 Å². The third kappa shape index (κ3) is 6.22. The summed E-state index contributed by atoms with van der Waals surface area (Å²) >= 11 is 3.25. The molecular formula is C21H28N2O4S2. The topological polar surface area (TPSA) is 70.5 Å². The van der Waals surface area contributed by atoms with E-state index in [0.29, 0.717) is 11.7 Å². The summed E-state index contributed by atoms with van der Waals surface area (Å²) in [7, 11) is 4.48. The highest BCUT2D eigenvalue weighted by Crippen LogP contribution is 2.30. The van der Waals surface area contributed by atoms with Gasteiger partial charge in [-0.1, -0.05) is 26.8 Å². The smallest absolute Gasteiger partial charge is 0.333 e. The molecule has 2 aromatic rings. The minimum Gasteiger partial charge on any atom is -0.500 e. The fourth-order valence-corrected chi connectivity index (χ4v) is 4.39. The van der Waals surface area contributed by atoms with E-state index in [1.807, 2.05) is 24.5 Å². The number of carbonyl (C=O) groups excluding carboxylic acids is 1. The van der Waals surface area contributed by atoms with Crippen molar-refractivity contribution in [2.24, 2.45) is 5.92 Å². The minimum atomic E-state index is -0.461. The van der Waals surface area contributed by atoms with E-state index in [9.17, 15) is 4.79 Å². The molecule has 0 aliphatic heterocycles. The quantitative estimate of drug-likeness (QED) is 0.291. The molecule has 6 nitrogen and oxygen atoms in total. The number of nitrogens with zero attached hydrogens (tertiary/aromatic N) is 2. The van der Waals surface area contributed by atoms with Crippen LogP contribution >= 0.6 is 22.7 Å². The lowest BCUT2D eigenvalue weighted by Gasteiger charge is -2.21. The first kappa shape index (κ1) is 23.3. The summed E-state index contributed by atoms with van der Waals surface area (Å²) in [6.45, 7) is 6.28. The maximum atomic E-state index is 11.5. The lowest BCUT2D eigenvalue weighted by Crippen LogP contribution is -2.21. The molecule has 0 aliphatic carbocycles. The van der Waals surface area contributed by atoms with Crippen molar-refractivity contribution in [3.63, 3.8) is 0 Å². The highest BCUT2D eigenvalue weighted by molar-refractivity contribution is 7.14. The maximum absolute atomic E-state index is 11.5. The predicted octanol–water partition coefficient (Wildman–Crippen LogP) is 5.15. The van der Waals surface area contributed by atoms with E-state index in [1.165, 1.54) is 20.3 Å². The number of esters is 1. The Morgan fingerprint density at radius 3 is 2.52 bits per heavy atom. The summed E-state index contributed by atoms with van der Waals surface area (Å²) in [6, 6.07) is 0. The molecule has 0 bridgehead atoms. The molecule has 0 unspecified atom stereocenters. The van der Waals surface area contributed by atoms with Crippen molar-refractivity contribution < 1.29 is 19.0 Å². The van der Waals surface area contributed by atoms with Gasteiger partial charge in [-0.2, -0.15) is 0 Å². The molecule has 0 aromatic carbocycles. The Morgan fingerprint density at radius 1 is 1.14 bits per heavy atom. The molecule has 0 saturated heterocycles. The van der Waals surface area contributed by atoms with Gasteiger partial charge in [0.05, 0.1) is 37.1 Å². The number of hydrogen-bond acceptors (Lipinski definition) is 8. The van der Waals surface area contributed by atoms with Gasteiger partial charge >= 0.3 is 5.97 Å². The number of carbonyl (C=O) groups is 1. The second kappa shape index (κ2) is 11.2. The Hall–Kier alpha value is -2.03. The zero-order valence-electron chi connectivity index (χ0n) is 17.7. The van der Waals surface area contributed by atoms with Gasteiger partial charge in [-0.25, -0.2) is 14.8 Å². The highest BCUT2D eigenvalue weighted by Gasteiger charge is 2.21. The first-order valence-electron chi connectivity index (χ1n) is 9.39. The Balaban J connectivity index is 2.13. The number of hydrogen-bond donors (Lipinski definition) is 0. The van der Waals surface area contributed by atoms with Crippen LogP contribution in [0.4, 0.5) is 0 Å². The van der Waals surface area contributed by atoms with Gasteiger partial charge in [0.25, 0.3) is 0 Å². The monoisotopic (exact) mass is 436 g/mol. The molecule has 2 rings (SSSR count). The number of aromatic nitrogens is 2. The highest BCUT2D eigenvalue weighted by atomic mass is 32.1. The zero-order valence-corrected chi connectivity index (χ0v) is 19.3. The minimum absolute atomic E-state index is 0.171. The van der Waals surface area contributed by atoms with Gasteiger partial charge in [0.15, 0.2) is 0 Å². The van der Waals surface area contributed by atoms with Gasteiger partial charge in [-0.05, 0) is 12.5 Å². The lowest BCUT2D eigenvalue weighted by atomic mass is 10.0. The summed E-state index contributed by atoms with van der Waals surface area (Å²) in [6.07, 6.45) is 5.95. The van der Waals surface area contributed by atoms with Crippen molar-refractivity contribution in [1.29, 1.82) is 0 Å². The van der Waals surface area contributed by atoms with E-state index in [-0.39, 0.29) is 12.0 Å². The molecule has 0 spiro atoms. The summed E-state index contributed by atoms with van der Waals surface area (Å²) < 4.78 is 15.6. The van der Waals surface area contributed by atoms with Crippen molar-refractivity contribution in [3.8, 4) is 10.7 Å². The number of thiazole rings is 2. The molecule has 0 fully saturated rings. The first-order valence-corrected chi connectivity index (χ1v) is 11.1. The normalized spacial score (nSPS) is 15.3. The summed E-state index contributed by atoms with van der Waals surface area (Å²) in [5, 5.41) is 6.11. The van der Waals surface area contributed by atoms with Gasteiger partial charge in [0.1, 0.15) is 16.5 Å². The van der Waals surface area contributed by atoms with Crippen molar-refractivity contribution in [1.82, 2.24) is 9.97 Å². The first-order chi connectivity index (χ1) is 13.9. The number of methoxy groups -OCH3 is 3. The van der Waals surface area contributed by atoms with Crippen molar-refractivity contribution >= 4 is 34.7 Å². The van der Waals surface area contributed by atoms with Crippen LogP contribution in [0, 0.1) is 5.92 Å².